The first-order valence-electron chi connectivity index (χ1n) is 9.14. The summed E-state index contributed by atoms with van der Waals surface area (Å²) in [5.74, 6) is -1.62. The standard InChI is InChI=1S/C20H31NO3/c1-3-5-6-7-8-9-10-11-12-13-14-16-18(17-21)20(23)24-19(22)15-4-2/h4,15-16H,3,5-14H2,1-2H3. The Labute approximate surface area is 146 Å². The molecule has 0 rings (SSSR count). The van der Waals surface area contributed by atoms with Crippen LogP contribution in [0.25, 0.3) is 0 Å². The molecule has 0 radical (unpaired) electrons. The van der Waals surface area contributed by atoms with E-state index < -0.39 is 11.9 Å². The molecule has 0 heterocycles. The lowest BCUT2D eigenvalue weighted by molar-refractivity contribution is -0.152. The Morgan fingerprint density at radius 2 is 1.50 bits per heavy atom. The van der Waals surface area contributed by atoms with Crippen LogP contribution in [0.5, 0.6) is 0 Å². The van der Waals surface area contributed by atoms with Gasteiger partial charge in [0.05, 0.1) is 0 Å². The van der Waals surface area contributed by atoms with E-state index in [1.807, 2.05) is 0 Å². The van der Waals surface area contributed by atoms with Crippen LogP contribution >= 0.6 is 0 Å². The fourth-order valence-electron chi connectivity index (χ4n) is 2.37. The first-order chi connectivity index (χ1) is 11.7. The number of hydrogen-bond acceptors (Lipinski definition) is 4. The number of ether oxygens (including phenoxy) is 1. The van der Waals surface area contributed by atoms with Crippen LogP contribution in [0.4, 0.5) is 0 Å². The second-order valence-corrected chi connectivity index (χ2v) is 5.91. The number of rotatable bonds is 13. The van der Waals surface area contributed by atoms with E-state index in [9.17, 15) is 9.59 Å². The lowest BCUT2D eigenvalue weighted by atomic mass is 10.1. The molecular weight excluding hydrogens is 302 g/mol. The maximum atomic E-state index is 11.6. The molecule has 4 heteroatoms. The van der Waals surface area contributed by atoms with Gasteiger partial charge >= 0.3 is 11.9 Å². The molecule has 0 saturated carbocycles. The second-order valence-electron chi connectivity index (χ2n) is 5.91. The molecule has 4 nitrogen and oxygen atoms in total. The van der Waals surface area contributed by atoms with Gasteiger partial charge in [-0.1, -0.05) is 76.9 Å². The van der Waals surface area contributed by atoms with Crippen LogP contribution in [0.15, 0.2) is 23.8 Å². The molecule has 134 valence electrons. The van der Waals surface area contributed by atoms with Gasteiger partial charge in [-0.2, -0.15) is 5.26 Å². The summed E-state index contributed by atoms with van der Waals surface area (Å²) in [7, 11) is 0. The molecule has 0 saturated heterocycles. The van der Waals surface area contributed by atoms with Gasteiger partial charge in [-0.15, -0.1) is 0 Å². The first-order valence-corrected chi connectivity index (χ1v) is 9.14. The van der Waals surface area contributed by atoms with Crippen LogP contribution in [0, 0.1) is 11.3 Å². The van der Waals surface area contributed by atoms with Crippen LogP contribution in [0.1, 0.15) is 84.5 Å². The lowest BCUT2D eigenvalue weighted by Crippen LogP contribution is -2.11. The van der Waals surface area contributed by atoms with E-state index in [4.69, 9.17) is 5.26 Å². The van der Waals surface area contributed by atoms with Crippen LogP contribution < -0.4 is 0 Å². The molecule has 0 fully saturated rings. The van der Waals surface area contributed by atoms with Crippen molar-refractivity contribution in [2.75, 3.05) is 0 Å². The summed E-state index contributed by atoms with van der Waals surface area (Å²) in [6, 6.07) is 1.80. The number of nitriles is 1. The third-order valence-corrected chi connectivity index (χ3v) is 3.74. The Balaban J connectivity index is 3.78. The molecule has 0 aliphatic heterocycles. The Bertz CT molecular complexity index is 458. The van der Waals surface area contributed by atoms with E-state index in [1.165, 1.54) is 57.4 Å². The SMILES string of the molecule is CC=CC(=O)OC(=O)C(C#N)=CCCCCCCCCCCCC. The molecule has 0 amide bonds. The lowest BCUT2D eigenvalue weighted by Gasteiger charge is -2.01. The fraction of sp³-hybridized carbons (Fsp3) is 0.650. The predicted molar refractivity (Wildman–Crippen MR) is 96.1 cm³/mol. The minimum Gasteiger partial charge on any atom is -0.386 e. The largest absolute Gasteiger partial charge is 0.386 e. The summed E-state index contributed by atoms with van der Waals surface area (Å²) >= 11 is 0. The van der Waals surface area contributed by atoms with E-state index in [1.54, 1.807) is 19.1 Å². The molecule has 24 heavy (non-hydrogen) atoms. The molecule has 0 aromatic rings. The third-order valence-electron chi connectivity index (χ3n) is 3.74. The van der Waals surface area contributed by atoms with Crippen molar-refractivity contribution in [3.63, 3.8) is 0 Å². The molecule has 0 spiro atoms. The Hall–Kier alpha value is -1.89. The summed E-state index contributed by atoms with van der Waals surface area (Å²) in [5.41, 5.74) is -0.0937. The average Bonchev–Trinajstić information content (AvgIpc) is 2.56. The Kier molecular flexibility index (Phi) is 14.7. The number of carbonyl (C=O) groups is 2. The molecule has 0 N–H and O–H groups in total. The highest BCUT2D eigenvalue weighted by atomic mass is 16.6. The molecule has 0 atom stereocenters. The topological polar surface area (TPSA) is 67.2 Å². The minimum absolute atomic E-state index is 0.0937. The van der Waals surface area contributed by atoms with Crippen LogP contribution in [-0.4, -0.2) is 11.9 Å². The van der Waals surface area contributed by atoms with Crippen molar-refractivity contribution >= 4 is 11.9 Å². The highest BCUT2D eigenvalue weighted by molar-refractivity contribution is 6.01. The van der Waals surface area contributed by atoms with E-state index in [2.05, 4.69) is 11.7 Å². The minimum atomic E-state index is -0.868. The average molecular weight is 333 g/mol. The van der Waals surface area contributed by atoms with Gasteiger partial charge in [0, 0.05) is 6.08 Å². The van der Waals surface area contributed by atoms with Crippen molar-refractivity contribution in [1.29, 1.82) is 5.26 Å². The van der Waals surface area contributed by atoms with Gasteiger partial charge in [0.25, 0.3) is 0 Å². The van der Waals surface area contributed by atoms with E-state index in [0.29, 0.717) is 6.42 Å². The quantitative estimate of drug-likeness (QED) is 0.149. The fourth-order valence-corrected chi connectivity index (χ4v) is 2.37. The summed E-state index contributed by atoms with van der Waals surface area (Å²) in [6.07, 6.45) is 17.3. The summed E-state index contributed by atoms with van der Waals surface area (Å²) in [6.45, 7) is 3.88. The predicted octanol–water partition coefficient (Wildman–Crippen LogP) is 5.39. The Morgan fingerprint density at radius 1 is 0.958 bits per heavy atom. The van der Waals surface area contributed by atoms with Crippen LogP contribution in [0.3, 0.4) is 0 Å². The molecule has 0 aromatic heterocycles. The number of allylic oxidation sites excluding steroid dienone is 2. The van der Waals surface area contributed by atoms with Crippen molar-refractivity contribution < 1.29 is 14.3 Å². The van der Waals surface area contributed by atoms with Gasteiger partial charge in [0.15, 0.2) is 0 Å². The molecule has 0 unspecified atom stereocenters. The Morgan fingerprint density at radius 3 is 2.00 bits per heavy atom. The zero-order valence-electron chi connectivity index (χ0n) is 15.2. The maximum absolute atomic E-state index is 11.6. The molecule has 0 aromatic carbocycles. The summed E-state index contributed by atoms with van der Waals surface area (Å²) < 4.78 is 4.54. The number of esters is 2. The molecule has 0 aliphatic carbocycles. The number of nitrogens with zero attached hydrogens (tertiary/aromatic N) is 1. The zero-order chi connectivity index (χ0) is 18.0. The van der Waals surface area contributed by atoms with Gasteiger partial charge in [0.2, 0.25) is 0 Å². The van der Waals surface area contributed by atoms with Crippen molar-refractivity contribution in [1.82, 2.24) is 0 Å². The maximum Gasteiger partial charge on any atom is 0.356 e. The number of unbranched alkanes of at least 4 members (excludes halogenated alkanes) is 10. The highest BCUT2D eigenvalue weighted by Gasteiger charge is 2.13. The number of carbonyl (C=O) groups excluding carboxylic acids is 2. The molecule has 0 bridgehead atoms. The van der Waals surface area contributed by atoms with Crippen molar-refractivity contribution in [2.24, 2.45) is 0 Å². The summed E-state index contributed by atoms with van der Waals surface area (Å²) in [4.78, 5) is 22.8. The first kappa shape index (κ1) is 22.1. The smallest absolute Gasteiger partial charge is 0.356 e. The molecule has 0 aliphatic rings. The van der Waals surface area contributed by atoms with E-state index in [0.717, 1.165) is 18.9 Å². The van der Waals surface area contributed by atoms with Gasteiger partial charge in [-0.25, -0.2) is 9.59 Å². The summed E-state index contributed by atoms with van der Waals surface area (Å²) in [5, 5.41) is 8.95. The van der Waals surface area contributed by atoms with E-state index >= 15 is 0 Å². The van der Waals surface area contributed by atoms with Gasteiger partial charge in [-0.05, 0) is 19.8 Å². The van der Waals surface area contributed by atoms with Gasteiger partial charge < -0.3 is 4.74 Å². The van der Waals surface area contributed by atoms with Crippen molar-refractivity contribution in [3.8, 4) is 6.07 Å². The van der Waals surface area contributed by atoms with Crippen molar-refractivity contribution in [3.05, 3.63) is 23.8 Å². The van der Waals surface area contributed by atoms with E-state index in [-0.39, 0.29) is 5.57 Å². The van der Waals surface area contributed by atoms with Crippen LogP contribution in [-0.2, 0) is 14.3 Å². The molecular formula is C20H31NO3. The normalized spacial score (nSPS) is 11.5. The highest BCUT2D eigenvalue weighted by Crippen LogP contribution is 2.12. The number of hydrogen-bond donors (Lipinski definition) is 0. The van der Waals surface area contributed by atoms with Gasteiger partial charge in [-0.3, -0.25) is 0 Å². The zero-order valence-corrected chi connectivity index (χ0v) is 15.2. The second kappa shape index (κ2) is 16.0. The third kappa shape index (κ3) is 12.6. The van der Waals surface area contributed by atoms with Crippen LogP contribution in [0.2, 0.25) is 0 Å². The van der Waals surface area contributed by atoms with Gasteiger partial charge in [0.1, 0.15) is 11.6 Å². The monoisotopic (exact) mass is 333 g/mol. The van der Waals surface area contributed by atoms with Crippen molar-refractivity contribution in [2.45, 2.75) is 84.5 Å².